The van der Waals surface area contributed by atoms with Crippen LogP contribution in [0.5, 0.6) is 0 Å². The van der Waals surface area contributed by atoms with E-state index in [4.69, 9.17) is 10.5 Å². The Morgan fingerprint density at radius 2 is 1.95 bits per heavy atom. The van der Waals surface area contributed by atoms with Gasteiger partial charge >= 0.3 is 0 Å². The Morgan fingerprint density at radius 1 is 1.30 bits per heavy atom. The molecule has 0 saturated heterocycles. The van der Waals surface area contributed by atoms with Gasteiger partial charge in [-0.2, -0.15) is 5.10 Å². The summed E-state index contributed by atoms with van der Waals surface area (Å²) in [5, 5.41) is 5.78. The molecule has 2 atom stereocenters. The highest BCUT2D eigenvalue weighted by atomic mass is 16.5. The first-order valence-electron chi connectivity index (χ1n) is 7.03. The first kappa shape index (κ1) is 15.0. The zero-order chi connectivity index (χ0) is 14.9. The topological polar surface area (TPSA) is 53.1 Å². The van der Waals surface area contributed by atoms with Crippen molar-refractivity contribution in [2.45, 2.75) is 39.3 Å². The predicted octanol–water partition coefficient (Wildman–Crippen LogP) is 2.50. The molecule has 2 N–H and O–H groups in total. The number of ether oxygens (including phenoxy) is 1. The van der Waals surface area contributed by atoms with Crippen molar-refractivity contribution in [2.75, 3.05) is 7.11 Å². The molecule has 0 amide bonds. The molecule has 0 fully saturated rings. The third-order valence-electron chi connectivity index (χ3n) is 3.76. The van der Waals surface area contributed by atoms with Crippen LogP contribution in [-0.4, -0.2) is 29.0 Å². The average molecular weight is 275 g/mol. The maximum absolute atomic E-state index is 6.37. The molecule has 2 unspecified atom stereocenters. The van der Waals surface area contributed by atoms with Crippen LogP contribution in [0.1, 0.15) is 26.5 Å². The molecule has 2 aromatic rings. The summed E-state index contributed by atoms with van der Waals surface area (Å²) in [6.07, 6.45) is 0.722. The molecule has 1 aromatic carbocycles. The third-order valence-corrected chi connectivity index (χ3v) is 3.76. The highest BCUT2D eigenvalue weighted by molar-refractivity contribution is 5.81. The van der Waals surface area contributed by atoms with E-state index in [2.05, 4.69) is 38.0 Å². The molecule has 4 nitrogen and oxygen atoms in total. The summed E-state index contributed by atoms with van der Waals surface area (Å²) < 4.78 is 7.52. The minimum atomic E-state index is -0.0710. The Bertz CT molecular complexity index is 583. The third kappa shape index (κ3) is 2.86. The normalized spacial score (nSPS) is 15.5. The van der Waals surface area contributed by atoms with E-state index in [1.807, 2.05) is 23.9 Å². The number of aryl methyl sites for hydroxylation is 1. The van der Waals surface area contributed by atoms with Gasteiger partial charge in [-0.15, -0.1) is 0 Å². The molecule has 0 aliphatic heterocycles. The maximum Gasteiger partial charge on any atom is 0.0774 e. The molecule has 0 aliphatic carbocycles. The summed E-state index contributed by atoms with van der Waals surface area (Å²) in [4.78, 5) is 0. The van der Waals surface area contributed by atoms with Crippen LogP contribution in [0, 0.1) is 5.41 Å². The van der Waals surface area contributed by atoms with Crippen LogP contribution < -0.4 is 5.73 Å². The van der Waals surface area contributed by atoms with Gasteiger partial charge in [0, 0.05) is 32.0 Å². The molecule has 2 rings (SSSR count). The summed E-state index contributed by atoms with van der Waals surface area (Å²) in [5.41, 5.74) is 8.57. The van der Waals surface area contributed by atoms with Crippen LogP contribution >= 0.6 is 0 Å². The molecular weight excluding hydrogens is 250 g/mol. The highest BCUT2D eigenvalue weighted by Crippen LogP contribution is 2.26. The number of aromatic nitrogens is 2. The Morgan fingerprint density at radius 3 is 2.55 bits per heavy atom. The van der Waals surface area contributed by atoms with Crippen molar-refractivity contribution in [1.82, 2.24) is 9.78 Å². The fourth-order valence-electron chi connectivity index (χ4n) is 2.94. The van der Waals surface area contributed by atoms with Gasteiger partial charge in [0.15, 0.2) is 0 Å². The van der Waals surface area contributed by atoms with E-state index in [0.717, 1.165) is 17.6 Å². The fraction of sp³-hybridized carbons (Fsp3) is 0.562. The molecule has 1 aromatic heterocycles. The Balaban J connectivity index is 2.28. The van der Waals surface area contributed by atoms with Crippen molar-refractivity contribution in [3.05, 3.63) is 30.0 Å². The monoisotopic (exact) mass is 275 g/mol. The largest absolute Gasteiger partial charge is 0.379 e. The lowest BCUT2D eigenvalue weighted by atomic mass is 9.83. The van der Waals surface area contributed by atoms with E-state index in [1.165, 1.54) is 5.39 Å². The number of nitrogens with zero attached hydrogens (tertiary/aromatic N) is 2. The van der Waals surface area contributed by atoms with Crippen molar-refractivity contribution in [3.8, 4) is 0 Å². The fourth-order valence-corrected chi connectivity index (χ4v) is 2.94. The van der Waals surface area contributed by atoms with Gasteiger partial charge < -0.3 is 10.5 Å². The van der Waals surface area contributed by atoms with Gasteiger partial charge in [0.1, 0.15) is 0 Å². The standard InChI is InChI=1S/C16H25N3O/c1-16(2,3)15(20-5)12(17)10-13-11-8-6-7-9-14(11)19(4)18-13/h6-9,12,15H,10,17H2,1-5H3. The zero-order valence-electron chi connectivity index (χ0n) is 13.1. The van der Waals surface area contributed by atoms with Gasteiger partial charge in [-0.1, -0.05) is 39.0 Å². The summed E-state index contributed by atoms with van der Waals surface area (Å²) in [5.74, 6) is 0. The van der Waals surface area contributed by atoms with Gasteiger partial charge in [-0.3, -0.25) is 4.68 Å². The van der Waals surface area contributed by atoms with Crippen molar-refractivity contribution in [1.29, 1.82) is 0 Å². The SMILES string of the molecule is COC(C(N)Cc1nn(C)c2ccccc12)C(C)(C)C. The van der Waals surface area contributed by atoms with Crippen molar-refractivity contribution >= 4 is 10.9 Å². The van der Waals surface area contributed by atoms with Crippen LogP contribution in [0.4, 0.5) is 0 Å². The Labute approximate surface area is 120 Å². The van der Waals surface area contributed by atoms with Gasteiger partial charge in [-0.05, 0) is 11.5 Å². The quantitative estimate of drug-likeness (QED) is 0.932. The van der Waals surface area contributed by atoms with E-state index >= 15 is 0 Å². The molecule has 0 bridgehead atoms. The smallest absolute Gasteiger partial charge is 0.0774 e. The van der Waals surface area contributed by atoms with E-state index in [-0.39, 0.29) is 17.6 Å². The van der Waals surface area contributed by atoms with Crippen LogP contribution in [0.3, 0.4) is 0 Å². The first-order valence-corrected chi connectivity index (χ1v) is 7.03. The van der Waals surface area contributed by atoms with E-state index in [0.29, 0.717) is 0 Å². The average Bonchev–Trinajstić information content (AvgIpc) is 2.66. The summed E-state index contributed by atoms with van der Waals surface area (Å²) in [6, 6.07) is 8.17. The van der Waals surface area contributed by atoms with Crippen LogP contribution in [0.25, 0.3) is 10.9 Å². The first-order chi connectivity index (χ1) is 9.34. The van der Waals surface area contributed by atoms with Crippen molar-refractivity contribution in [2.24, 2.45) is 18.2 Å². The number of fused-ring (bicyclic) bond motifs is 1. The molecule has 1 heterocycles. The molecule has 0 saturated carbocycles. The van der Waals surface area contributed by atoms with Crippen molar-refractivity contribution < 1.29 is 4.74 Å². The predicted molar refractivity (Wildman–Crippen MR) is 82.6 cm³/mol. The van der Waals surface area contributed by atoms with Gasteiger partial charge in [0.25, 0.3) is 0 Å². The van der Waals surface area contributed by atoms with Crippen molar-refractivity contribution in [3.63, 3.8) is 0 Å². The van der Waals surface area contributed by atoms with E-state index < -0.39 is 0 Å². The number of benzene rings is 1. The van der Waals surface area contributed by atoms with E-state index in [9.17, 15) is 0 Å². The molecule has 0 aliphatic rings. The minimum Gasteiger partial charge on any atom is -0.379 e. The number of para-hydroxylation sites is 1. The second kappa shape index (κ2) is 5.54. The lowest BCUT2D eigenvalue weighted by molar-refractivity contribution is -0.00180. The number of hydrogen-bond donors (Lipinski definition) is 1. The number of nitrogens with two attached hydrogens (primary N) is 1. The Hall–Kier alpha value is -1.39. The van der Waals surface area contributed by atoms with Crippen LogP contribution in [0.15, 0.2) is 24.3 Å². The molecule has 0 spiro atoms. The van der Waals surface area contributed by atoms with E-state index in [1.54, 1.807) is 7.11 Å². The Kier molecular flexibility index (Phi) is 4.16. The molecule has 110 valence electrons. The summed E-state index contributed by atoms with van der Waals surface area (Å²) >= 11 is 0. The molecule has 0 radical (unpaired) electrons. The van der Waals surface area contributed by atoms with Crippen LogP contribution in [-0.2, 0) is 18.2 Å². The molecule has 4 heteroatoms. The highest BCUT2D eigenvalue weighted by Gasteiger charge is 2.31. The zero-order valence-corrected chi connectivity index (χ0v) is 13.1. The van der Waals surface area contributed by atoms with Gasteiger partial charge in [-0.25, -0.2) is 0 Å². The van der Waals surface area contributed by atoms with Crippen LogP contribution in [0.2, 0.25) is 0 Å². The lowest BCUT2D eigenvalue weighted by Crippen LogP contribution is -2.46. The number of hydrogen-bond acceptors (Lipinski definition) is 3. The van der Waals surface area contributed by atoms with Gasteiger partial charge in [0.05, 0.1) is 17.3 Å². The number of methoxy groups -OCH3 is 1. The number of rotatable bonds is 4. The van der Waals surface area contributed by atoms with Gasteiger partial charge in [0.2, 0.25) is 0 Å². The second-order valence-electron chi connectivity index (χ2n) is 6.48. The maximum atomic E-state index is 6.37. The lowest BCUT2D eigenvalue weighted by Gasteiger charge is -2.33. The molecular formula is C16H25N3O. The second-order valence-corrected chi connectivity index (χ2v) is 6.48. The summed E-state index contributed by atoms with van der Waals surface area (Å²) in [6.45, 7) is 6.45. The molecule has 20 heavy (non-hydrogen) atoms. The summed E-state index contributed by atoms with van der Waals surface area (Å²) in [7, 11) is 3.70. The minimum absolute atomic E-state index is 0.00303.